The van der Waals surface area contributed by atoms with Crippen LogP contribution in [0.1, 0.15) is 32.6 Å². The van der Waals surface area contributed by atoms with E-state index in [4.69, 9.17) is 10.5 Å². The number of fused-ring (bicyclic) bond motifs is 1. The van der Waals surface area contributed by atoms with Gasteiger partial charge in [0, 0.05) is 32.8 Å². The quantitative estimate of drug-likeness (QED) is 0.814. The zero-order valence-electron chi connectivity index (χ0n) is 13.5. The Hall–Kier alpha value is -1.93. The lowest BCUT2D eigenvalue weighted by molar-refractivity contribution is 0.173. The lowest BCUT2D eigenvalue weighted by atomic mass is 10.3. The van der Waals surface area contributed by atoms with Gasteiger partial charge >= 0.3 is 5.69 Å². The van der Waals surface area contributed by atoms with Crippen LogP contribution in [0.3, 0.4) is 0 Å². The predicted octanol–water partition coefficient (Wildman–Crippen LogP) is 0.0656. The fourth-order valence-corrected chi connectivity index (χ4v) is 2.68. The Balaban J connectivity index is 3.00. The fraction of sp³-hybridized carbons (Fsp3) is 0.643. The summed E-state index contributed by atoms with van der Waals surface area (Å²) in [5.74, 6) is 0.600. The van der Waals surface area contributed by atoms with Crippen LogP contribution in [0.15, 0.2) is 9.59 Å². The SMILES string of the molecule is CCn1c(=O)c2c(nc(COC)n2C(C)CN)n(CC)c1=O. The molecule has 122 valence electrons. The van der Waals surface area contributed by atoms with Gasteiger partial charge in [-0.3, -0.25) is 13.9 Å². The summed E-state index contributed by atoms with van der Waals surface area (Å²) in [6.45, 7) is 6.91. The van der Waals surface area contributed by atoms with Gasteiger partial charge in [0.05, 0.1) is 0 Å². The zero-order valence-corrected chi connectivity index (χ0v) is 13.5. The molecule has 2 heterocycles. The van der Waals surface area contributed by atoms with Crippen molar-refractivity contribution in [2.45, 2.75) is 46.5 Å². The van der Waals surface area contributed by atoms with Crippen LogP contribution in [0.5, 0.6) is 0 Å². The van der Waals surface area contributed by atoms with Crippen LogP contribution in [0.4, 0.5) is 0 Å². The summed E-state index contributed by atoms with van der Waals surface area (Å²) in [5.41, 5.74) is 5.91. The number of imidazole rings is 1. The summed E-state index contributed by atoms with van der Waals surface area (Å²) in [4.78, 5) is 29.6. The highest BCUT2D eigenvalue weighted by Crippen LogP contribution is 2.18. The molecule has 22 heavy (non-hydrogen) atoms. The lowest BCUT2D eigenvalue weighted by Crippen LogP contribution is -2.40. The Labute approximate surface area is 128 Å². The summed E-state index contributed by atoms with van der Waals surface area (Å²) >= 11 is 0. The molecule has 8 nitrogen and oxygen atoms in total. The van der Waals surface area contributed by atoms with Gasteiger partial charge in [-0.15, -0.1) is 0 Å². The molecular formula is C14H23N5O3. The van der Waals surface area contributed by atoms with Crippen LogP contribution in [-0.2, 0) is 24.4 Å². The van der Waals surface area contributed by atoms with Crippen LogP contribution < -0.4 is 17.0 Å². The summed E-state index contributed by atoms with van der Waals surface area (Å²) in [5, 5.41) is 0. The van der Waals surface area contributed by atoms with Crippen LogP contribution in [0.2, 0.25) is 0 Å². The second kappa shape index (κ2) is 6.45. The summed E-state index contributed by atoms with van der Waals surface area (Å²) in [6.07, 6.45) is 0. The summed E-state index contributed by atoms with van der Waals surface area (Å²) in [6, 6.07) is -0.115. The van der Waals surface area contributed by atoms with Gasteiger partial charge in [-0.05, 0) is 20.8 Å². The van der Waals surface area contributed by atoms with E-state index in [0.717, 1.165) is 0 Å². The first-order chi connectivity index (χ1) is 10.5. The smallest absolute Gasteiger partial charge is 0.332 e. The molecule has 0 aliphatic carbocycles. The second-order valence-electron chi connectivity index (χ2n) is 5.16. The first kappa shape index (κ1) is 16.4. The largest absolute Gasteiger partial charge is 0.377 e. The zero-order chi connectivity index (χ0) is 16.4. The molecule has 2 aromatic heterocycles. The molecule has 0 spiro atoms. The lowest BCUT2D eigenvalue weighted by Gasteiger charge is -2.15. The van der Waals surface area contributed by atoms with Crippen molar-refractivity contribution < 1.29 is 4.74 Å². The number of aryl methyl sites for hydroxylation is 1. The minimum Gasteiger partial charge on any atom is -0.377 e. The van der Waals surface area contributed by atoms with E-state index in [0.29, 0.717) is 36.6 Å². The Kier molecular flexibility index (Phi) is 4.82. The van der Waals surface area contributed by atoms with Crippen LogP contribution in [0, 0.1) is 0 Å². The van der Waals surface area contributed by atoms with Gasteiger partial charge in [-0.2, -0.15) is 0 Å². The third-order valence-electron chi connectivity index (χ3n) is 3.82. The molecule has 0 aromatic carbocycles. The van der Waals surface area contributed by atoms with Crippen LogP contribution in [-0.4, -0.2) is 32.3 Å². The van der Waals surface area contributed by atoms with Crippen LogP contribution in [0.25, 0.3) is 11.2 Å². The Morgan fingerprint density at radius 2 is 1.86 bits per heavy atom. The van der Waals surface area contributed by atoms with Gasteiger partial charge < -0.3 is 15.0 Å². The van der Waals surface area contributed by atoms with Crippen molar-refractivity contribution in [3.63, 3.8) is 0 Å². The molecule has 1 unspecified atom stereocenters. The minimum atomic E-state index is -0.337. The van der Waals surface area contributed by atoms with Crippen molar-refractivity contribution >= 4 is 11.2 Å². The van der Waals surface area contributed by atoms with E-state index in [2.05, 4.69) is 4.98 Å². The minimum absolute atomic E-state index is 0.115. The highest BCUT2D eigenvalue weighted by Gasteiger charge is 2.22. The molecule has 0 saturated heterocycles. The molecule has 0 amide bonds. The monoisotopic (exact) mass is 309 g/mol. The number of ether oxygens (including phenoxy) is 1. The maximum Gasteiger partial charge on any atom is 0.332 e. The van der Waals surface area contributed by atoms with Gasteiger partial charge in [-0.25, -0.2) is 9.78 Å². The summed E-state index contributed by atoms with van der Waals surface area (Å²) in [7, 11) is 1.56. The van der Waals surface area contributed by atoms with E-state index in [1.165, 1.54) is 9.13 Å². The highest BCUT2D eigenvalue weighted by molar-refractivity contribution is 5.71. The van der Waals surface area contributed by atoms with Crippen molar-refractivity contribution in [1.82, 2.24) is 18.7 Å². The van der Waals surface area contributed by atoms with E-state index in [1.807, 2.05) is 13.8 Å². The standard InChI is InChI=1S/C14H23N5O3/c1-5-17-12-11(13(20)18(6-2)14(17)21)19(9(3)7-15)10(16-12)8-22-4/h9H,5-8,15H2,1-4H3. The second-order valence-corrected chi connectivity index (χ2v) is 5.16. The summed E-state index contributed by atoms with van der Waals surface area (Å²) < 4.78 is 9.70. The topological polar surface area (TPSA) is 97.1 Å². The van der Waals surface area contributed by atoms with Gasteiger partial charge in [-0.1, -0.05) is 0 Å². The average Bonchev–Trinajstić information content (AvgIpc) is 2.87. The Morgan fingerprint density at radius 3 is 2.36 bits per heavy atom. The fourth-order valence-electron chi connectivity index (χ4n) is 2.68. The van der Waals surface area contributed by atoms with Crippen LogP contribution >= 0.6 is 0 Å². The third kappa shape index (κ3) is 2.38. The maximum absolute atomic E-state index is 12.7. The molecule has 0 saturated carbocycles. The molecule has 2 N–H and O–H groups in total. The van der Waals surface area contributed by atoms with E-state index in [1.54, 1.807) is 18.6 Å². The highest BCUT2D eigenvalue weighted by atomic mass is 16.5. The molecule has 0 fully saturated rings. The van der Waals surface area contributed by atoms with Gasteiger partial charge in [0.2, 0.25) is 0 Å². The molecule has 0 bridgehead atoms. The Morgan fingerprint density at radius 1 is 1.23 bits per heavy atom. The van der Waals surface area contributed by atoms with Crippen molar-refractivity contribution in [2.75, 3.05) is 13.7 Å². The average molecular weight is 309 g/mol. The number of aromatic nitrogens is 4. The van der Waals surface area contributed by atoms with Crippen molar-refractivity contribution in [2.24, 2.45) is 5.73 Å². The Bertz CT molecular complexity index is 786. The van der Waals surface area contributed by atoms with Crippen molar-refractivity contribution in [3.05, 3.63) is 26.7 Å². The normalized spacial score (nSPS) is 13.0. The van der Waals surface area contributed by atoms with Gasteiger partial charge in [0.25, 0.3) is 5.56 Å². The van der Waals surface area contributed by atoms with Gasteiger partial charge in [0.1, 0.15) is 12.4 Å². The number of hydrogen-bond acceptors (Lipinski definition) is 5. The van der Waals surface area contributed by atoms with Crippen molar-refractivity contribution in [1.29, 1.82) is 0 Å². The van der Waals surface area contributed by atoms with E-state index < -0.39 is 0 Å². The molecule has 8 heteroatoms. The first-order valence-electron chi connectivity index (χ1n) is 7.45. The molecule has 2 aromatic rings. The van der Waals surface area contributed by atoms with Gasteiger partial charge in [0.15, 0.2) is 11.2 Å². The third-order valence-corrected chi connectivity index (χ3v) is 3.82. The number of hydrogen-bond donors (Lipinski definition) is 1. The predicted molar refractivity (Wildman–Crippen MR) is 84.1 cm³/mol. The molecule has 2 rings (SSSR count). The number of rotatable bonds is 6. The van der Waals surface area contributed by atoms with E-state index in [-0.39, 0.29) is 23.9 Å². The first-order valence-corrected chi connectivity index (χ1v) is 7.45. The number of nitrogens with two attached hydrogens (primary N) is 1. The van der Waals surface area contributed by atoms with Crippen molar-refractivity contribution in [3.8, 4) is 0 Å². The molecule has 1 atom stereocenters. The molecule has 0 aliphatic heterocycles. The van der Waals surface area contributed by atoms with E-state index >= 15 is 0 Å². The molecule has 0 aliphatic rings. The number of methoxy groups -OCH3 is 1. The molecular weight excluding hydrogens is 286 g/mol. The maximum atomic E-state index is 12.7. The van der Waals surface area contributed by atoms with E-state index in [9.17, 15) is 9.59 Å². The molecule has 0 radical (unpaired) electrons. The number of nitrogens with zero attached hydrogens (tertiary/aromatic N) is 4.